The molecule has 2 fully saturated rings. The van der Waals surface area contributed by atoms with Crippen LogP contribution in [0, 0.1) is 0 Å². The second-order valence-electron chi connectivity index (χ2n) is 9.70. The highest BCUT2D eigenvalue weighted by molar-refractivity contribution is 7.89. The molecule has 9 heteroatoms. The Morgan fingerprint density at radius 2 is 1.64 bits per heavy atom. The molecule has 1 aliphatic carbocycles. The number of aromatic nitrogens is 2. The minimum atomic E-state index is -3.62. The standard InChI is InChI=1S/C24H36N4O4S/c1-18(2)28-21-13-12-20(33(31,32)26-14-8-9-15-26)16-22(21)27(24(28)30)17-23(29)25-19-10-6-4-3-5-7-11-19/h12-13,16,18-19H,3-11,14-15,17H2,1-2H3,(H,25,29). The Morgan fingerprint density at radius 3 is 2.27 bits per heavy atom. The van der Waals surface area contributed by atoms with Crippen LogP contribution in [0.2, 0.25) is 0 Å². The van der Waals surface area contributed by atoms with E-state index in [0.29, 0.717) is 24.1 Å². The Bertz CT molecular complexity index is 1150. The average Bonchev–Trinajstić information content (AvgIpc) is 3.37. The van der Waals surface area contributed by atoms with Crippen LogP contribution in [0.25, 0.3) is 11.0 Å². The van der Waals surface area contributed by atoms with Crippen molar-refractivity contribution in [2.24, 2.45) is 0 Å². The summed E-state index contributed by atoms with van der Waals surface area (Å²) in [5.41, 5.74) is 0.847. The van der Waals surface area contributed by atoms with Gasteiger partial charge < -0.3 is 5.32 Å². The average molecular weight is 477 g/mol. The van der Waals surface area contributed by atoms with Crippen molar-refractivity contribution in [1.82, 2.24) is 18.8 Å². The molecular formula is C24H36N4O4S. The van der Waals surface area contributed by atoms with Crippen LogP contribution in [-0.2, 0) is 21.4 Å². The summed E-state index contributed by atoms with van der Waals surface area (Å²) < 4.78 is 30.8. The third-order valence-corrected chi connectivity index (χ3v) is 8.82. The first-order valence-corrected chi connectivity index (χ1v) is 13.8. The van der Waals surface area contributed by atoms with E-state index in [1.165, 1.54) is 28.1 Å². The van der Waals surface area contributed by atoms with Gasteiger partial charge in [0.25, 0.3) is 0 Å². The summed E-state index contributed by atoms with van der Waals surface area (Å²) in [5.74, 6) is -0.196. The van der Waals surface area contributed by atoms with Gasteiger partial charge in [0.05, 0.1) is 15.9 Å². The van der Waals surface area contributed by atoms with Gasteiger partial charge in [-0.1, -0.05) is 32.1 Å². The van der Waals surface area contributed by atoms with E-state index in [9.17, 15) is 18.0 Å². The Hall–Kier alpha value is -2.13. The minimum Gasteiger partial charge on any atom is -0.352 e. The molecule has 182 valence electrons. The summed E-state index contributed by atoms with van der Waals surface area (Å²) in [5, 5.41) is 3.12. The third-order valence-electron chi connectivity index (χ3n) is 6.93. The van der Waals surface area contributed by atoms with Crippen LogP contribution in [-0.4, -0.2) is 46.9 Å². The molecule has 1 N–H and O–H groups in total. The largest absolute Gasteiger partial charge is 0.352 e. The zero-order valence-electron chi connectivity index (χ0n) is 19.8. The Kier molecular flexibility index (Phi) is 7.28. The summed E-state index contributed by atoms with van der Waals surface area (Å²) in [7, 11) is -3.62. The van der Waals surface area contributed by atoms with Crippen LogP contribution in [0.4, 0.5) is 0 Å². The quantitative estimate of drug-likeness (QED) is 0.692. The summed E-state index contributed by atoms with van der Waals surface area (Å²) in [6.45, 7) is 4.75. The molecule has 1 aromatic carbocycles. The number of amides is 1. The van der Waals surface area contributed by atoms with E-state index in [4.69, 9.17) is 0 Å². The highest BCUT2D eigenvalue weighted by atomic mass is 32.2. The number of nitrogens with one attached hydrogen (secondary N) is 1. The zero-order chi connectivity index (χ0) is 23.6. The summed E-state index contributed by atoms with van der Waals surface area (Å²) in [4.78, 5) is 26.4. The van der Waals surface area contributed by atoms with E-state index >= 15 is 0 Å². The maximum absolute atomic E-state index is 13.3. The molecule has 0 unspecified atom stereocenters. The van der Waals surface area contributed by atoms with Gasteiger partial charge in [-0.3, -0.25) is 13.9 Å². The number of rotatable bonds is 6. The lowest BCUT2D eigenvalue weighted by atomic mass is 9.97. The first-order chi connectivity index (χ1) is 15.8. The molecule has 2 aromatic rings. The predicted molar refractivity (Wildman–Crippen MR) is 129 cm³/mol. The third kappa shape index (κ3) is 5.04. The first kappa shape index (κ1) is 24.0. The van der Waals surface area contributed by atoms with Gasteiger partial charge >= 0.3 is 5.69 Å². The van der Waals surface area contributed by atoms with Crippen LogP contribution in [0.5, 0.6) is 0 Å². The molecule has 33 heavy (non-hydrogen) atoms. The predicted octanol–water partition coefficient (Wildman–Crippen LogP) is 3.40. The molecule has 1 saturated heterocycles. The molecule has 1 saturated carbocycles. The molecule has 8 nitrogen and oxygen atoms in total. The van der Waals surface area contributed by atoms with Gasteiger partial charge in [0, 0.05) is 25.2 Å². The van der Waals surface area contributed by atoms with Crippen molar-refractivity contribution in [2.45, 2.75) is 95.2 Å². The van der Waals surface area contributed by atoms with Gasteiger partial charge in [-0.05, 0) is 57.7 Å². The number of sulfonamides is 1. The lowest BCUT2D eigenvalue weighted by Gasteiger charge is -2.21. The normalized spacial score (nSPS) is 19.1. The maximum Gasteiger partial charge on any atom is 0.329 e. The number of benzene rings is 1. The molecule has 4 rings (SSSR count). The van der Waals surface area contributed by atoms with Gasteiger partial charge in [-0.25, -0.2) is 13.2 Å². The fourth-order valence-corrected chi connectivity index (χ4v) is 6.70. The zero-order valence-corrected chi connectivity index (χ0v) is 20.6. The molecular weight excluding hydrogens is 440 g/mol. The van der Waals surface area contributed by atoms with Crippen molar-refractivity contribution < 1.29 is 13.2 Å². The van der Waals surface area contributed by atoms with E-state index in [1.807, 2.05) is 13.8 Å². The Balaban J connectivity index is 1.66. The number of fused-ring (bicyclic) bond motifs is 1. The summed E-state index contributed by atoms with van der Waals surface area (Å²) in [6.07, 6.45) is 9.51. The van der Waals surface area contributed by atoms with E-state index in [1.54, 1.807) is 22.8 Å². The molecule has 2 heterocycles. The maximum atomic E-state index is 13.3. The van der Waals surface area contributed by atoms with Gasteiger partial charge in [-0.15, -0.1) is 0 Å². The van der Waals surface area contributed by atoms with E-state index in [-0.39, 0.29) is 35.1 Å². The van der Waals surface area contributed by atoms with Gasteiger partial charge in [0.2, 0.25) is 15.9 Å². The van der Waals surface area contributed by atoms with Crippen molar-refractivity contribution in [1.29, 1.82) is 0 Å². The molecule has 0 atom stereocenters. The molecule has 1 aromatic heterocycles. The fraction of sp³-hybridized carbons (Fsp3) is 0.667. The lowest BCUT2D eigenvalue weighted by molar-refractivity contribution is -0.122. The topological polar surface area (TPSA) is 93.4 Å². The van der Waals surface area contributed by atoms with E-state index in [0.717, 1.165) is 38.5 Å². The molecule has 0 spiro atoms. The van der Waals surface area contributed by atoms with E-state index < -0.39 is 10.0 Å². The molecule has 1 aliphatic heterocycles. The number of carbonyl (C=O) groups excluding carboxylic acids is 1. The van der Waals surface area contributed by atoms with Gasteiger partial charge in [-0.2, -0.15) is 4.31 Å². The SMILES string of the molecule is CC(C)n1c(=O)n(CC(=O)NC2CCCCCCC2)c2cc(S(=O)(=O)N3CCCC3)ccc21. The molecule has 0 bridgehead atoms. The number of carbonyl (C=O) groups is 1. The van der Waals surface area contributed by atoms with Crippen molar-refractivity contribution in [3.05, 3.63) is 28.7 Å². The number of hydrogen-bond acceptors (Lipinski definition) is 4. The highest BCUT2D eigenvalue weighted by Crippen LogP contribution is 2.26. The van der Waals surface area contributed by atoms with E-state index in [2.05, 4.69) is 5.32 Å². The Labute approximate surface area is 196 Å². The van der Waals surface area contributed by atoms with Gasteiger partial charge in [0.1, 0.15) is 6.54 Å². The molecule has 2 aliphatic rings. The van der Waals surface area contributed by atoms with Crippen molar-refractivity contribution in [2.75, 3.05) is 13.1 Å². The van der Waals surface area contributed by atoms with Crippen molar-refractivity contribution >= 4 is 27.0 Å². The lowest BCUT2D eigenvalue weighted by Crippen LogP contribution is -2.39. The summed E-state index contributed by atoms with van der Waals surface area (Å²) in [6, 6.07) is 4.86. The number of hydrogen-bond donors (Lipinski definition) is 1. The Morgan fingerprint density at radius 1 is 1.00 bits per heavy atom. The number of nitrogens with zero attached hydrogens (tertiary/aromatic N) is 3. The second kappa shape index (κ2) is 10.0. The van der Waals surface area contributed by atoms with Crippen LogP contribution in [0.1, 0.15) is 77.7 Å². The van der Waals surface area contributed by atoms with Crippen LogP contribution in [0.3, 0.4) is 0 Å². The molecule has 0 radical (unpaired) electrons. The van der Waals surface area contributed by atoms with Crippen LogP contribution in [0.15, 0.2) is 27.9 Å². The van der Waals surface area contributed by atoms with Gasteiger partial charge in [0.15, 0.2) is 0 Å². The fourth-order valence-electron chi connectivity index (χ4n) is 5.17. The van der Waals surface area contributed by atoms with Crippen molar-refractivity contribution in [3.8, 4) is 0 Å². The van der Waals surface area contributed by atoms with Crippen LogP contribution >= 0.6 is 0 Å². The monoisotopic (exact) mass is 476 g/mol. The smallest absolute Gasteiger partial charge is 0.329 e. The highest BCUT2D eigenvalue weighted by Gasteiger charge is 2.28. The number of imidazole rings is 1. The first-order valence-electron chi connectivity index (χ1n) is 12.3. The molecule has 1 amide bonds. The van der Waals surface area contributed by atoms with Crippen LogP contribution < -0.4 is 11.0 Å². The minimum absolute atomic E-state index is 0.112. The van der Waals surface area contributed by atoms with Crippen molar-refractivity contribution in [3.63, 3.8) is 0 Å². The second-order valence-corrected chi connectivity index (χ2v) is 11.6. The summed E-state index contributed by atoms with van der Waals surface area (Å²) >= 11 is 0.